The van der Waals surface area contributed by atoms with Gasteiger partial charge in [0.2, 0.25) is 0 Å². The predicted octanol–water partition coefficient (Wildman–Crippen LogP) is 3.32. The van der Waals surface area contributed by atoms with Crippen LogP contribution in [-0.4, -0.2) is 14.8 Å². The topological polar surface area (TPSA) is 33.6 Å². The van der Waals surface area contributed by atoms with E-state index in [0.29, 0.717) is 12.0 Å². The highest BCUT2D eigenvalue weighted by Gasteiger charge is 2.31. The van der Waals surface area contributed by atoms with Crippen LogP contribution in [0.3, 0.4) is 0 Å². The standard InChI is InChI=1S/C11H17N3S/c15-11-13-12-10(8-6-7-8)14(11)9-4-2-1-3-5-9/h8-9H,1-7H2,(H,13,15). The van der Waals surface area contributed by atoms with Crippen molar-refractivity contribution in [2.45, 2.75) is 56.9 Å². The first-order chi connectivity index (χ1) is 7.36. The summed E-state index contributed by atoms with van der Waals surface area (Å²) < 4.78 is 3.15. The van der Waals surface area contributed by atoms with Gasteiger partial charge in [0.05, 0.1) is 0 Å². The predicted molar refractivity (Wildman–Crippen MR) is 61.5 cm³/mol. The molecule has 0 bridgehead atoms. The van der Waals surface area contributed by atoms with Crippen molar-refractivity contribution in [2.75, 3.05) is 0 Å². The van der Waals surface area contributed by atoms with Gasteiger partial charge in [0.15, 0.2) is 4.77 Å². The first kappa shape index (κ1) is 9.58. The lowest BCUT2D eigenvalue weighted by atomic mass is 9.95. The van der Waals surface area contributed by atoms with Gasteiger partial charge >= 0.3 is 0 Å². The van der Waals surface area contributed by atoms with Gasteiger partial charge in [-0.2, -0.15) is 5.10 Å². The first-order valence-electron chi connectivity index (χ1n) is 6.03. The number of nitrogens with one attached hydrogen (secondary N) is 1. The second-order valence-electron chi connectivity index (χ2n) is 4.82. The largest absolute Gasteiger partial charge is 0.301 e. The summed E-state index contributed by atoms with van der Waals surface area (Å²) in [5.41, 5.74) is 0. The minimum Gasteiger partial charge on any atom is -0.301 e. The number of hydrogen-bond donors (Lipinski definition) is 1. The third kappa shape index (κ3) is 1.75. The molecule has 0 aromatic carbocycles. The first-order valence-corrected chi connectivity index (χ1v) is 6.44. The molecular weight excluding hydrogens is 206 g/mol. The van der Waals surface area contributed by atoms with Gasteiger partial charge in [-0.05, 0) is 37.9 Å². The van der Waals surface area contributed by atoms with Gasteiger partial charge in [0, 0.05) is 12.0 Å². The van der Waals surface area contributed by atoms with Crippen molar-refractivity contribution >= 4 is 12.2 Å². The van der Waals surface area contributed by atoms with E-state index in [9.17, 15) is 0 Å². The zero-order chi connectivity index (χ0) is 10.3. The molecule has 1 aromatic rings. The summed E-state index contributed by atoms with van der Waals surface area (Å²) >= 11 is 5.35. The van der Waals surface area contributed by atoms with Crippen molar-refractivity contribution in [3.63, 3.8) is 0 Å². The summed E-state index contributed by atoms with van der Waals surface area (Å²) in [6.07, 6.45) is 9.25. The van der Waals surface area contributed by atoms with Crippen LogP contribution in [0.5, 0.6) is 0 Å². The van der Waals surface area contributed by atoms with Crippen LogP contribution in [0.2, 0.25) is 0 Å². The van der Waals surface area contributed by atoms with E-state index in [1.807, 2.05) is 0 Å². The fourth-order valence-corrected chi connectivity index (χ4v) is 2.93. The van der Waals surface area contributed by atoms with Crippen molar-refractivity contribution in [1.29, 1.82) is 0 Å². The molecule has 0 amide bonds. The van der Waals surface area contributed by atoms with E-state index in [2.05, 4.69) is 14.8 Å². The maximum absolute atomic E-state index is 5.35. The van der Waals surface area contributed by atoms with Crippen LogP contribution < -0.4 is 0 Å². The smallest absolute Gasteiger partial charge is 0.195 e. The van der Waals surface area contributed by atoms with Crippen molar-refractivity contribution < 1.29 is 0 Å². The maximum atomic E-state index is 5.35. The molecule has 1 aromatic heterocycles. The number of hydrogen-bond acceptors (Lipinski definition) is 2. The molecule has 0 unspecified atom stereocenters. The fourth-order valence-electron chi connectivity index (χ4n) is 2.64. The van der Waals surface area contributed by atoms with Gasteiger partial charge in [-0.25, -0.2) is 0 Å². The van der Waals surface area contributed by atoms with Crippen molar-refractivity contribution in [2.24, 2.45) is 0 Å². The molecule has 0 radical (unpaired) electrons. The van der Waals surface area contributed by atoms with Crippen LogP contribution in [0.4, 0.5) is 0 Å². The molecule has 82 valence electrons. The maximum Gasteiger partial charge on any atom is 0.195 e. The minimum absolute atomic E-state index is 0.626. The number of H-pyrrole nitrogens is 1. The number of aromatic nitrogens is 3. The Bertz CT molecular complexity index is 396. The summed E-state index contributed by atoms with van der Waals surface area (Å²) in [5, 5.41) is 7.37. The highest BCUT2D eigenvalue weighted by Crippen LogP contribution is 2.41. The molecule has 2 fully saturated rings. The molecule has 0 aliphatic heterocycles. The lowest BCUT2D eigenvalue weighted by Crippen LogP contribution is -2.15. The molecule has 15 heavy (non-hydrogen) atoms. The monoisotopic (exact) mass is 223 g/mol. The Morgan fingerprint density at radius 3 is 2.53 bits per heavy atom. The van der Waals surface area contributed by atoms with E-state index in [1.54, 1.807) is 0 Å². The van der Waals surface area contributed by atoms with Gasteiger partial charge < -0.3 is 4.57 Å². The van der Waals surface area contributed by atoms with Crippen LogP contribution in [0.1, 0.15) is 62.7 Å². The van der Waals surface area contributed by atoms with Gasteiger partial charge in [-0.1, -0.05) is 19.3 Å². The van der Waals surface area contributed by atoms with Crippen molar-refractivity contribution in [3.05, 3.63) is 10.6 Å². The summed E-state index contributed by atoms with van der Waals surface area (Å²) in [7, 11) is 0. The molecule has 0 saturated heterocycles. The van der Waals surface area contributed by atoms with Crippen LogP contribution >= 0.6 is 12.2 Å². The average Bonchev–Trinajstić information content (AvgIpc) is 3.04. The third-order valence-corrected chi connectivity index (χ3v) is 3.90. The van der Waals surface area contributed by atoms with Crippen LogP contribution in [0.25, 0.3) is 0 Å². The lowest BCUT2D eigenvalue weighted by Gasteiger charge is -2.24. The van der Waals surface area contributed by atoms with E-state index >= 15 is 0 Å². The number of nitrogens with zero attached hydrogens (tertiary/aromatic N) is 2. The second kappa shape index (κ2) is 3.74. The Morgan fingerprint density at radius 1 is 1.13 bits per heavy atom. The normalized spacial score (nSPS) is 23.2. The fraction of sp³-hybridized carbons (Fsp3) is 0.818. The third-order valence-electron chi connectivity index (χ3n) is 3.61. The number of aromatic amines is 1. The average molecular weight is 223 g/mol. The Balaban J connectivity index is 1.93. The zero-order valence-electron chi connectivity index (χ0n) is 8.91. The highest BCUT2D eigenvalue weighted by atomic mass is 32.1. The van der Waals surface area contributed by atoms with E-state index in [1.165, 1.54) is 50.8 Å². The zero-order valence-corrected chi connectivity index (χ0v) is 9.72. The Morgan fingerprint density at radius 2 is 1.87 bits per heavy atom. The quantitative estimate of drug-likeness (QED) is 0.780. The molecule has 0 atom stereocenters. The lowest BCUT2D eigenvalue weighted by molar-refractivity contribution is 0.343. The molecule has 2 aliphatic carbocycles. The van der Waals surface area contributed by atoms with Crippen LogP contribution in [0.15, 0.2) is 0 Å². The molecule has 4 heteroatoms. The van der Waals surface area contributed by atoms with Gasteiger partial charge in [0.1, 0.15) is 5.82 Å². The second-order valence-corrected chi connectivity index (χ2v) is 5.21. The van der Waals surface area contributed by atoms with Gasteiger partial charge in [-0.15, -0.1) is 0 Å². The summed E-state index contributed by atoms with van der Waals surface area (Å²) in [4.78, 5) is 0. The van der Waals surface area contributed by atoms with Crippen molar-refractivity contribution in [1.82, 2.24) is 14.8 Å². The SMILES string of the molecule is S=c1[nH]nc(C2CC2)n1C1CCCCC1. The summed E-state index contributed by atoms with van der Waals surface area (Å²) in [5.74, 6) is 1.92. The molecule has 3 rings (SSSR count). The van der Waals surface area contributed by atoms with E-state index in [0.717, 1.165) is 4.77 Å². The Labute approximate surface area is 94.9 Å². The van der Waals surface area contributed by atoms with E-state index < -0.39 is 0 Å². The Kier molecular flexibility index (Phi) is 2.39. The summed E-state index contributed by atoms with van der Waals surface area (Å²) in [6.45, 7) is 0. The van der Waals surface area contributed by atoms with Crippen molar-refractivity contribution in [3.8, 4) is 0 Å². The minimum atomic E-state index is 0.626. The molecular formula is C11H17N3S. The molecule has 0 spiro atoms. The van der Waals surface area contributed by atoms with Gasteiger partial charge in [-0.3, -0.25) is 5.10 Å². The Hall–Kier alpha value is -0.640. The molecule has 1 N–H and O–H groups in total. The van der Waals surface area contributed by atoms with Crippen LogP contribution in [-0.2, 0) is 0 Å². The molecule has 2 saturated carbocycles. The van der Waals surface area contributed by atoms with Crippen LogP contribution in [0, 0.1) is 4.77 Å². The van der Waals surface area contributed by atoms with Gasteiger partial charge in [0.25, 0.3) is 0 Å². The van der Waals surface area contributed by atoms with E-state index in [-0.39, 0.29) is 0 Å². The molecule has 1 heterocycles. The highest BCUT2D eigenvalue weighted by molar-refractivity contribution is 7.71. The summed E-state index contributed by atoms with van der Waals surface area (Å²) in [6, 6.07) is 0.626. The van der Waals surface area contributed by atoms with E-state index in [4.69, 9.17) is 12.2 Å². The number of rotatable bonds is 2. The molecule has 3 nitrogen and oxygen atoms in total. The molecule has 2 aliphatic rings.